The molecule has 1 N–H and O–H groups in total. The molecule has 1 aromatic rings. The summed E-state index contributed by atoms with van der Waals surface area (Å²) in [5.74, 6) is 0.519. The van der Waals surface area contributed by atoms with E-state index in [0.717, 1.165) is 23.7 Å². The molecule has 0 bridgehead atoms. The van der Waals surface area contributed by atoms with Crippen molar-refractivity contribution in [3.05, 3.63) is 29.6 Å². The average Bonchev–Trinajstić information content (AvgIpc) is 3.09. The fraction of sp³-hybridized carbons (Fsp3) is 0.647. The molecule has 2 fully saturated rings. The Balaban J connectivity index is 1.90. The third kappa shape index (κ3) is 2.56. The van der Waals surface area contributed by atoms with Crippen LogP contribution in [0.2, 0.25) is 0 Å². The first-order chi connectivity index (χ1) is 9.66. The Labute approximate surface area is 120 Å². The number of halogens is 1. The summed E-state index contributed by atoms with van der Waals surface area (Å²) in [6, 6.07) is 5.44. The van der Waals surface area contributed by atoms with E-state index in [0.29, 0.717) is 6.04 Å². The second kappa shape index (κ2) is 5.72. The van der Waals surface area contributed by atoms with Gasteiger partial charge in [0, 0.05) is 23.8 Å². The smallest absolute Gasteiger partial charge is 0.123 e. The van der Waals surface area contributed by atoms with Crippen LogP contribution in [0.15, 0.2) is 18.2 Å². The van der Waals surface area contributed by atoms with Crippen LogP contribution in [0, 0.1) is 11.7 Å². The lowest BCUT2D eigenvalue weighted by Gasteiger charge is -2.33. The van der Waals surface area contributed by atoms with Crippen LogP contribution in [0.3, 0.4) is 0 Å². The van der Waals surface area contributed by atoms with Crippen LogP contribution < -0.4 is 4.90 Å². The Bertz CT molecular complexity index is 468. The van der Waals surface area contributed by atoms with Crippen LogP contribution in [0.25, 0.3) is 0 Å². The van der Waals surface area contributed by atoms with Gasteiger partial charge in [0.25, 0.3) is 0 Å². The number of aliphatic hydroxyl groups excluding tert-OH is 1. The zero-order valence-corrected chi connectivity index (χ0v) is 12.2. The van der Waals surface area contributed by atoms with Gasteiger partial charge in [-0.15, -0.1) is 0 Å². The second-order valence-electron chi connectivity index (χ2n) is 6.33. The van der Waals surface area contributed by atoms with Crippen molar-refractivity contribution in [2.24, 2.45) is 5.92 Å². The number of nitrogens with zero attached hydrogens (tertiary/aromatic N) is 1. The Kier molecular flexibility index (Phi) is 3.97. The van der Waals surface area contributed by atoms with E-state index in [2.05, 4.69) is 4.90 Å². The molecule has 1 aliphatic heterocycles. The minimum Gasteiger partial charge on any atom is -0.389 e. The summed E-state index contributed by atoms with van der Waals surface area (Å²) in [5, 5.41) is 9.95. The first kappa shape index (κ1) is 13.9. The molecule has 1 aliphatic carbocycles. The van der Waals surface area contributed by atoms with E-state index in [-0.39, 0.29) is 5.82 Å². The minimum absolute atomic E-state index is 0.263. The third-order valence-electron chi connectivity index (χ3n) is 4.99. The van der Waals surface area contributed by atoms with Crippen molar-refractivity contribution in [2.75, 3.05) is 11.4 Å². The van der Waals surface area contributed by atoms with Crippen LogP contribution in [-0.4, -0.2) is 17.7 Å². The van der Waals surface area contributed by atoms with Gasteiger partial charge >= 0.3 is 0 Å². The molecule has 1 heterocycles. The van der Waals surface area contributed by atoms with E-state index < -0.39 is 6.10 Å². The Morgan fingerprint density at radius 3 is 2.65 bits per heavy atom. The molecule has 0 amide bonds. The Morgan fingerprint density at radius 1 is 1.20 bits per heavy atom. The van der Waals surface area contributed by atoms with Crippen LogP contribution >= 0.6 is 0 Å². The van der Waals surface area contributed by atoms with Crippen LogP contribution in [0.5, 0.6) is 0 Å². The van der Waals surface area contributed by atoms with Crippen molar-refractivity contribution in [2.45, 2.75) is 57.6 Å². The molecule has 1 saturated heterocycles. The zero-order chi connectivity index (χ0) is 14.1. The highest BCUT2D eigenvalue weighted by Crippen LogP contribution is 2.40. The van der Waals surface area contributed by atoms with Crippen molar-refractivity contribution in [3.8, 4) is 0 Å². The molecule has 0 aromatic heterocycles. The summed E-state index contributed by atoms with van der Waals surface area (Å²) in [7, 11) is 0. The predicted octanol–water partition coefficient (Wildman–Crippen LogP) is 4.04. The van der Waals surface area contributed by atoms with Gasteiger partial charge in [-0.3, -0.25) is 0 Å². The fourth-order valence-electron chi connectivity index (χ4n) is 4.05. The topological polar surface area (TPSA) is 23.5 Å². The van der Waals surface area contributed by atoms with E-state index in [1.54, 1.807) is 6.92 Å². The van der Waals surface area contributed by atoms with Crippen molar-refractivity contribution in [1.29, 1.82) is 0 Å². The Hall–Kier alpha value is -1.09. The predicted molar refractivity (Wildman–Crippen MR) is 79.4 cm³/mol. The van der Waals surface area contributed by atoms with Gasteiger partial charge in [-0.05, 0) is 56.7 Å². The van der Waals surface area contributed by atoms with Gasteiger partial charge in [0.2, 0.25) is 0 Å². The van der Waals surface area contributed by atoms with Crippen molar-refractivity contribution < 1.29 is 9.50 Å². The molecular formula is C17H24FNO. The van der Waals surface area contributed by atoms with Gasteiger partial charge in [-0.25, -0.2) is 4.39 Å². The summed E-state index contributed by atoms with van der Waals surface area (Å²) >= 11 is 0. The summed E-state index contributed by atoms with van der Waals surface area (Å²) < 4.78 is 13.5. The fourth-order valence-corrected chi connectivity index (χ4v) is 4.05. The zero-order valence-electron chi connectivity index (χ0n) is 12.2. The maximum atomic E-state index is 13.5. The minimum atomic E-state index is -0.620. The molecule has 20 heavy (non-hydrogen) atoms. The highest BCUT2D eigenvalue weighted by molar-refractivity contribution is 5.56. The normalized spacial score (nSPS) is 25.4. The van der Waals surface area contributed by atoms with Gasteiger partial charge < -0.3 is 10.0 Å². The molecule has 2 unspecified atom stereocenters. The van der Waals surface area contributed by atoms with Gasteiger partial charge in [-0.2, -0.15) is 0 Å². The Morgan fingerprint density at radius 2 is 1.95 bits per heavy atom. The maximum absolute atomic E-state index is 13.5. The summed E-state index contributed by atoms with van der Waals surface area (Å²) in [4.78, 5) is 2.43. The van der Waals surface area contributed by atoms with E-state index >= 15 is 0 Å². The average molecular weight is 277 g/mol. The molecule has 0 spiro atoms. The first-order valence-electron chi connectivity index (χ1n) is 7.91. The molecule has 3 rings (SSSR count). The van der Waals surface area contributed by atoms with Crippen LogP contribution in [-0.2, 0) is 0 Å². The molecule has 2 aliphatic rings. The summed E-state index contributed by atoms with van der Waals surface area (Å²) in [6.45, 7) is 2.76. The van der Waals surface area contributed by atoms with Gasteiger partial charge in [0.1, 0.15) is 5.82 Å². The van der Waals surface area contributed by atoms with Gasteiger partial charge in [0.15, 0.2) is 0 Å². The van der Waals surface area contributed by atoms with Gasteiger partial charge in [0.05, 0.1) is 6.10 Å². The maximum Gasteiger partial charge on any atom is 0.123 e. The highest BCUT2D eigenvalue weighted by Gasteiger charge is 2.34. The molecule has 0 radical (unpaired) electrons. The van der Waals surface area contributed by atoms with Crippen molar-refractivity contribution in [3.63, 3.8) is 0 Å². The number of hydrogen-bond acceptors (Lipinski definition) is 2. The standard InChI is InChI=1S/C17H24FNO/c1-12(20)15-11-14(18)8-9-17(15)19-10-4-7-16(19)13-5-2-3-6-13/h8-9,11-13,16,20H,2-7,10H2,1H3. The SMILES string of the molecule is CC(O)c1cc(F)ccc1N1CCCC1C1CCCC1. The van der Waals surface area contributed by atoms with E-state index in [9.17, 15) is 9.50 Å². The summed E-state index contributed by atoms with van der Waals surface area (Å²) in [5.41, 5.74) is 1.77. The van der Waals surface area contributed by atoms with Crippen molar-refractivity contribution >= 4 is 5.69 Å². The molecule has 3 heteroatoms. The monoisotopic (exact) mass is 277 g/mol. The first-order valence-corrected chi connectivity index (χ1v) is 7.91. The number of rotatable bonds is 3. The lowest BCUT2D eigenvalue weighted by Crippen LogP contribution is -2.35. The number of benzene rings is 1. The number of anilines is 1. The summed E-state index contributed by atoms with van der Waals surface area (Å²) in [6.07, 6.45) is 7.17. The molecule has 1 aromatic carbocycles. The van der Waals surface area contributed by atoms with Crippen molar-refractivity contribution in [1.82, 2.24) is 0 Å². The van der Waals surface area contributed by atoms with E-state index in [1.807, 2.05) is 6.07 Å². The number of aliphatic hydroxyl groups is 1. The van der Waals surface area contributed by atoms with Crippen LogP contribution in [0.4, 0.5) is 10.1 Å². The number of hydrogen-bond donors (Lipinski definition) is 1. The molecule has 2 atom stereocenters. The lowest BCUT2D eigenvalue weighted by molar-refractivity contribution is 0.199. The highest BCUT2D eigenvalue weighted by atomic mass is 19.1. The van der Waals surface area contributed by atoms with E-state index in [4.69, 9.17) is 0 Å². The van der Waals surface area contributed by atoms with Gasteiger partial charge in [-0.1, -0.05) is 12.8 Å². The van der Waals surface area contributed by atoms with Crippen LogP contribution in [0.1, 0.15) is 57.1 Å². The van der Waals surface area contributed by atoms with E-state index in [1.165, 1.54) is 50.7 Å². The largest absolute Gasteiger partial charge is 0.389 e. The molecule has 110 valence electrons. The quantitative estimate of drug-likeness (QED) is 0.901. The second-order valence-corrected chi connectivity index (χ2v) is 6.33. The third-order valence-corrected chi connectivity index (χ3v) is 4.99. The molecule has 1 saturated carbocycles. The molecule has 2 nitrogen and oxygen atoms in total. The molecular weight excluding hydrogens is 253 g/mol. The lowest BCUT2D eigenvalue weighted by atomic mass is 9.95.